The molecule has 8 nitrogen and oxygen atoms in total. The topological polar surface area (TPSA) is 86.9 Å². The Morgan fingerprint density at radius 2 is 2.03 bits per heavy atom. The number of nitrogens with zero attached hydrogens (tertiary/aromatic N) is 5. The largest absolute Gasteiger partial charge is 0.493 e. The summed E-state index contributed by atoms with van der Waals surface area (Å²) in [6.07, 6.45) is 11.8. The van der Waals surface area contributed by atoms with Crippen LogP contribution in [-0.4, -0.2) is 36.6 Å². The molecular formula is C26H26N6O2. The minimum absolute atomic E-state index is 0.243. The van der Waals surface area contributed by atoms with Gasteiger partial charge < -0.3 is 19.2 Å². The second-order valence-electron chi connectivity index (χ2n) is 9.02. The lowest BCUT2D eigenvalue weighted by atomic mass is 10.1. The van der Waals surface area contributed by atoms with Gasteiger partial charge in [0.05, 0.1) is 24.2 Å². The van der Waals surface area contributed by atoms with Gasteiger partial charge >= 0.3 is 0 Å². The van der Waals surface area contributed by atoms with E-state index in [1.807, 2.05) is 47.4 Å². The Morgan fingerprint density at radius 3 is 2.91 bits per heavy atom. The first kappa shape index (κ1) is 20.7. The molecule has 1 atom stereocenters. The van der Waals surface area contributed by atoms with Crippen molar-refractivity contribution in [3.8, 4) is 23.0 Å². The molecule has 0 spiro atoms. The van der Waals surface area contributed by atoms with Gasteiger partial charge in [-0.3, -0.25) is 4.79 Å². The van der Waals surface area contributed by atoms with E-state index >= 15 is 0 Å². The highest BCUT2D eigenvalue weighted by Gasteiger charge is 2.26. The number of imidazole rings is 2. The van der Waals surface area contributed by atoms with E-state index in [9.17, 15) is 4.79 Å². The highest BCUT2D eigenvalue weighted by molar-refractivity contribution is 6.06. The van der Waals surface area contributed by atoms with Crippen molar-refractivity contribution < 1.29 is 9.53 Å². The van der Waals surface area contributed by atoms with Gasteiger partial charge in [0, 0.05) is 36.2 Å². The molecule has 0 saturated heterocycles. The van der Waals surface area contributed by atoms with E-state index in [4.69, 9.17) is 4.74 Å². The van der Waals surface area contributed by atoms with Gasteiger partial charge in [0.25, 0.3) is 5.91 Å². The maximum atomic E-state index is 13.4. The van der Waals surface area contributed by atoms with Crippen molar-refractivity contribution >= 4 is 11.7 Å². The molecule has 1 aromatic carbocycles. The summed E-state index contributed by atoms with van der Waals surface area (Å²) in [5, 5.41) is 2.95. The maximum Gasteiger partial charge on any atom is 0.260 e. The van der Waals surface area contributed by atoms with Crippen LogP contribution in [0.25, 0.3) is 17.2 Å². The third kappa shape index (κ3) is 3.96. The summed E-state index contributed by atoms with van der Waals surface area (Å²) < 4.78 is 10.2. The number of hydrogen-bond acceptors (Lipinski definition) is 5. The Balaban J connectivity index is 1.37. The molecule has 8 heteroatoms. The lowest BCUT2D eigenvalue weighted by molar-refractivity contribution is 0.102. The van der Waals surface area contributed by atoms with E-state index in [1.165, 1.54) is 12.8 Å². The molecule has 1 aliphatic carbocycles. The van der Waals surface area contributed by atoms with Crippen molar-refractivity contribution in [2.45, 2.75) is 44.6 Å². The lowest BCUT2D eigenvalue weighted by Crippen LogP contribution is -2.17. The molecule has 2 aliphatic rings. The Hall–Kier alpha value is -3.94. The number of ether oxygens (including phenoxy) is 1. The minimum atomic E-state index is -0.266. The summed E-state index contributed by atoms with van der Waals surface area (Å²) in [4.78, 5) is 27.1. The van der Waals surface area contributed by atoms with E-state index in [-0.39, 0.29) is 11.9 Å². The summed E-state index contributed by atoms with van der Waals surface area (Å²) in [7, 11) is 0. The maximum absolute atomic E-state index is 13.4. The lowest BCUT2D eigenvalue weighted by Gasteiger charge is -2.18. The van der Waals surface area contributed by atoms with Crippen LogP contribution >= 0.6 is 0 Å². The fraction of sp³-hybridized carbons (Fsp3) is 0.308. The van der Waals surface area contributed by atoms with Crippen LogP contribution in [0.1, 0.15) is 60.6 Å². The van der Waals surface area contributed by atoms with Crippen LogP contribution in [0.4, 0.5) is 5.82 Å². The van der Waals surface area contributed by atoms with Gasteiger partial charge in [0.1, 0.15) is 17.3 Å². The normalized spacial score (nSPS) is 18.3. The third-order valence-corrected chi connectivity index (χ3v) is 6.49. The predicted molar refractivity (Wildman–Crippen MR) is 128 cm³/mol. The van der Waals surface area contributed by atoms with Gasteiger partial charge in [-0.15, -0.1) is 0 Å². The number of benzene rings is 1. The van der Waals surface area contributed by atoms with E-state index in [0.29, 0.717) is 29.7 Å². The zero-order chi connectivity index (χ0) is 23.1. The molecule has 0 unspecified atom stereocenters. The Labute approximate surface area is 197 Å². The fourth-order valence-corrected chi connectivity index (χ4v) is 4.43. The first-order valence-corrected chi connectivity index (χ1v) is 11.8. The van der Waals surface area contributed by atoms with Crippen LogP contribution in [0.5, 0.6) is 5.75 Å². The Kier molecular flexibility index (Phi) is 5.13. The highest BCUT2D eigenvalue weighted by Crippen LogP contribution is 2.39. The van der Waals surface area contributed by atoms with Gasteiger partial charge in [-0.1, -0.05) is 6.07 Å². The SMILES string of the molecule is C[C@H]1CCCOc2ccc(-n3cnc(C4CC4)c3)cc2C(=O)Nc2cccc(n2)-c2nccn21. The van der Waals surface area contributed by atoms with Gasteiger partial charge in [-0.05, 0) is 62.9 Å². The van der Waals surface area contributed by atoms with Crippen LogP contribution in [-0.2, 0) is 0 Å². The van der Waals surface area contributed by atoms with E-state index in [2.05, 4.69) is 38.0 Å². The average Bonchev–Trinajstić information content (AvgIpc) is 3.37. The number of amides is 1. The summed E-state index contributed by atoms with van der Waals surface area (Å²) in [6, 6.07) is 11.5. The van der Waals surface area contributed by atoms with Crippen molar-refractivity contribution in [2.75, 3.05) is 11.9 Å². The van der Waals surface area contributed by atoms with E-state index in [1.54, 1.807) is 12.3 Å². The molecule has 2 bridgehead atoms. The minimum Gasteiger partial charge on any atom is -0.493 e. The number of aromatic nitrogens is 5. The number of carbonyl (C=O) groups excluding carboxylic acids is 1. The van der Waals surface area contributed by atoms with Crippen LogP contribution in [0.15, 0.2) is 61.3 Å². The average molecular weight is 455 g/mol. The Morgan fingerprint density at radius 1 is 1.12 bits per heavy atom. The molecule has 6 rings (SSSR count). The molecule has 172 valence electrons. The number of rotatable bonds is 2. The number of pyridine rings is 1. The molecule has 1 amide bonds. The number of nitrogens with one attached hydrogen (secondary N) is 1. The monoisotopic (exact) mass is 454 g/mol. The fourth-order valence-electron chi connectivity index (χ4n) is 4.43. The molecule has 0 radical (unpaired) electrons. The molecule has 4 heterocycles. The number of hydrogen-bond donors (Lipinski definition) is 1. The summed E-state index contributed by atoms with van der Waals surface area (Å²) in [5.74, 6) is 2.12. The van der Waals surface area contributed by atoms with E-state index < -0.39 is 0 Å². The third-order valence-electron chi connectivity index (χ3n) is 6.49. The van der Waals surface area contributed by atoms with Crippen molar-refractivity contribution in [3.63, 3.8) is 0 Å². The zero-order valence-corrected chi connectivity index (χ0v) is 19.0. The van der Waals surface area contributed by atoms with Gasteiger partial charge in [-0.2, -0.15) is 0 Å². The molecule has 3 aromatic heterocycles. The summed E-state index contributed by atoms with van der Waals surface area (Å²) >= 11 is 0. The van der Waals surface area contributed by atoms with Gasteiger partial charge in [-0.25, -0.2) is 15.0 Å². The number of carbonyl (C=O) groups is 1. The summed E-state index contributed by atoms with van der Waals surface area (Å²) in [5.41, 5.74) is 3.17. The summed E-state index contributed by atoms with van der Waals surface area (Å²) in [6.45, 7) is 2.69. The predicted octanol–water partition coefficient (Wildman–Crippen LogP) is 4.99. The van der Waals surface area contributed by atoms with Crippen molar-refractivity contribution in [2.24, 2.45) is 0 Å². The molecule has 1 fully saturated rings. The van der Waals surface area contributed by atoms with E-state index in [0.717, 1.165) is 35.7 Å². The first-order valence-electron chi connectivity index (χ1n) is 11.8. The molecule has 4 aromatic rings. The molecule has 34 heavy (non-hydrogen) atoms. The van der Waals surface area contributed by atoms with Crippen LogP contribution < -0.4 is 10.1 Å². The Bertz CT molecular complexity index is 1350. The molecule has 1 N–H and O–H groups in total. The van der Waals surface area contributed by atoms with Crippen LogP contribution in [0, 0.1) is 0 Å². The van der Waals surface area contributed by atoms with Crippen molar-refractivity contribution in [1.82, 2.24) is 24.1 Å². The van der Waals surface area contributed by atoms with Crippen molar-refractivity contribution in [3.05, 3.63) is 72.6 Å². The zero-order valence-electron chi connectivity index (χ0n) is 19.0. The molecule has 1 aliphatic heterocycles. The molecular weight excluding hydrogens is 428 g/mol. The first-order chi connectivity index (χ1) is 16.7. The second kappa shape index (κ2) is 8.44. The van der Waals surface area contributed by atoms with Crippen LogP contribution in [0.2, 0.25) is 0 Å². The van der Waals surface area contributed by atoms with Crippen molar-refractivity contribution in [1.29, 1.82) is 0 Å². The quantitative estimate of drug-likeness (QED) is 0.461. The van der Waals surface area contributed by atoms with Crippen LogP contribution in [0.3, 0.4) is 0 Å². The smallest absolute Gasteiger partial charge is 0.260 e. The molecule has 1 saturated carbocycles. The standard InChI is InChI=1S/C26H26N6O2/c1-17-4-3-13-34-23-10-9-19(31-15-22(28-16-31)18-7-8-18)14-20(23)26(33)30-24-6-2-5-21(29-24)25-27-11-12-32(17)25/h2,5-6,9-12,14-18H,3-4,7-8,13H2,1H3,(H,29,30,33)/t17-/m0/s1. The highest BCUT2D eigenvalue weighted by atomic mass is 16.5. The number of anilines is 1. The van der Waals surface area contributed by atoms with Gasteiger partial charge in [0.15, 0.2) is 5.82 Å². The number of fused-ring (bicyclic) bond motifs is 5. The second-order valence-corrected chi connectivity index (χ2v) is 9.02. The van der Waals surface area contributed by atoms with Gasteiger partial charge in [0.2, 0.25) is 0 Å².